The number of aryl methyl sites for hydroxylation is 2. The number of benzene rings is 2. The van der Waals surface area contributed by atoms with Crippen LogP contribution in [0.15, 0.2) is 48.5 Å². The van der Waals surface area contributed by atoms with Crippen molar-refractivity contribution in [1.29, 1.82) is 0 Å². The highest BCUT2D eigenvalue weighted by Crippen LogP contribution is 2.40. The number of amides is 1. The molecule has 0 saturated heterocycles. The van der Waals surface area contributed by atoms with Crippen LogP contribution in [0.1, 0.15) is 20.8 Å². The van der Waals surface area contributed by atoms with Crippen LogP contribution in [-0.4, -0.2) is 25.6 Å². The van der Waals surface area contributed by atoms with Crippen LogP contribution in [0.3, 0.4) is 0 Å². The summed E-state index contributed by atoms with van der Waals surface area (Å²) in [6.45, 7) is 3.62. The van der Waals surface area contributed by atoms with Crippen LogP contribution >= 0.6 is 22.9 Å². The molecular weight excluding hydrogens is 410 g/mol. The molecule has 1 heterocycles. The highest BCUT2D eigenvalue weighted by atomic mass is 35.5. The molecule has 1 N–H and O–H groups in total. The summed E-state index contributed by atoms with van der Waals surface area (Å²) in [6.07, 6.45) is 0. The second-order valence-corrected chi connectivity index (χ2v) is 8.00. The molecule has 7 heteroatoms. The van der Waals surface area contributed by atoms with Gasteiger partial charge in [-0.3, -0.25) is 4.79 Å². The van der Waals surface area contributed by atoms with E-state index in [2.05, 4.69) is 5.32 Å². The van der Waals surface area contributed by atoms with Gasteiger partial charge in [0.2, 0.25) is 0 Å². The van der Waals surface area contributed by atoms with Gasteiger partial charge in [0.05, 0.1) is 7.11 Å². The van der Waals surface area contributed by atoms with Gasteiger partial charge < -0.3 is 14.8 Å². The molecule has 5 nitrogen and oxygen atoms in total. The molecule has 0 fully saturated rings. The fourth-order valence-electron chi connectivity index (χ4n) is 2.95. The van der Waals surface area contributed by atoms with Crippen molar-refractivity contribution in [1.82, 2.24) is 0 Å². The van der Waals surface area contributed by atoms with Crippen molar-refractivity contribution in [3.63, 3.8) is 0 Å². The second-order valence-electron chi connectivity index (χ2n) is 6.34. The molecule has 1 amide bonds. The number of hydrogen-bond donors (Lipinski definition) is 1. The molecule has 0 atom stereocenters. The first-order chi connectivity index (χ1) is 13.9. The van der Waals surface area contributed by atoms with Gasteiger partial charge in [-0.25, -0.2) is 4.79 Å². The maximum atomic E-state index is 12.5. The number of para-hydroxylation sites is 1. The van der Waals surface area contributed by atoms with E-state index in [-0.39, 0.29) is 12.5 Å². The first-order valence-electron chi connectivity index (χ1n) is 8.86. The number of thiophene rings is 1. The lowest BCUT2D eigenvalue weighted by Crippen LogP contribution is -2.21. The number of hydrogen-bond acceptors (Lipinski definition) is 5. The lowest BCUT2D eigenvalue weighted by molar-refractivity contribution is -0.118. The van der Waals surface area contributed by atoms with E-state index in [9.17, 15) is 9.59 Å². The SMILES string of the molecule is COC(=O)c1c(NC(=O)COc2ccccc2C)sc(C)c1-c1cccc(Cl)c1. The van der Waals surface area contributed by atoms with Crippen LogP contribution in [0.25, 0.3) is 11.1 Å². The average Bonchev–Trinajstić information content (AvgIpc) is 3.02. The van der Waals surface area contributed by atoms with Gasteiger partial charge in [-0.1, -0.05) is 41.9 Å². The Morgan fingerprint density at radius 2 is 1.86 bits per heavy atom. The third-order valence-corrected chi connectivity index (χ3v) is 5.55. The molecule has 150 valence electrons. The Bertz CT molecular complexity index is 1060. The third kappa shape index (κ3) is 4.78. The molecule has 0 spiro atoms. The van der Waals surface area contributed by atoms with Crippen molar-refractivity contribution in [3.05, 3.63) is 69.6 Å². The van der Waals surface area contributed by atoms with Gasteiger partial charge >= 0.3 is 5.97 Å². The molecule has 0 saturated carbocycles. The fourth-order valence-corrected chi connectivity index (χ4v) is 4.22. The van der Waals surface area contributed by atoms with E-state index in [0.29, 0.717) is 26.9 Å². The van der Waals surface area contributed by atoms with Crippen molar-refractivity contribution in [2.45, 2.75) is 13.8 Å². The van der Waals surface area contributed by atoms with Gasteiger partial charge in [0, 0.05) is 15.5 Å². The summed E-state index contributed by atoms with van der Waals surface area (Å²) in [5, 5.41) is 3.76. The summed E-state index contributed by atoms with van der Waals surface area (Å²) in [7, 11) is 1.31. The molecule has 0 bridgehead atoms. The summed E-state index contributed by atoms with van der Waals surface area (Å²) in [5.74, 6) is -0.255. The largest absolute Gasteiger partial charge is 0.483 e. The molecular formula is C22H20ClNO4S. The van der Waals surface area contributed by atoms with E-state index in [4.69, 9.17) is 21.1 Å². The van der Waals surface area contributed by atoms with Crippen LogP contribution in [-0.2, 0) is 9.53 Å². The first-order valence-corrected chi connectivity index (χ1v) is 10.1. The van der Waals surface area contributed by atoms with Gasteiger partial charge in [0.15, 0.2) is 6.61 Å². The predicted molar refractivity (Wildman–Crippen MR) is 116 cm³/mol. The number of halogens is 1. The van der Waals surface area contributed by atoms with Crippen molar-refractivity contribution >= 4 is 39.8 Å². The highest BCUT2D eigenvalue weighted by molar-refractivity contribution is 7.17. The van der Waals surface area contributed by atoms with Crippen molar-refractivity contribution in [2.24, 2.45) is 0 Å². The van der Waals surface area contributed by atoms with Gasteiger partial charge in [-0.15, -0.1) is 11.3 Å². The summed E-state index contributed by atoms with van der Waals surface area (Å²) in [4.78, 5) is 25.8. The second kappa shape index (κ2) is 9.11. The Morgan fingerprint density at radius 1 is 1.10 bits per heavy atom. The number of rotatable bonds is 6. The summed E-state index contributed by atoms with van der Waals surface area (Å²) in [5.41, 5.74) is 2.72. The Labute approximate surface area is 178 Å². The molecule has 0 aliphatic rings. The number of methoxy groups -OCH3 is 1. The molecule has 0 unspecified atom stereocenters. The van der Waals surface area contributed by atoms with Crippen LogP contribution < -0.4 is 10.1 Å². The minimum atomic E-state index is -0.528. The molecule has 3 rings (SSSR count). The Hall–Kier alpha value is -2.83. The maximum Gasteiger partial charge on any atom is 0.341 e. The number of esters is 1. The van der Waals surface area contributed by atoms with Gasteiger partial charge in [0.1, 0.15) is 16.3 Å². The zero-order chi connectivity index (χ0) is 21.0. The quantitative estimate of drug-likeness (QED) is 0.526. The van der Waals surface area contributed by atoms with Gasteiger partial charge in [-0.2, -0.15) is 0 Å². The average molecular weight is 430 g/mol. The number of anilines is 1. The molecule has 3 aromatic rings. The number of carbonyl (C=O) groups excluding carboxylic acids is 2. The van der Waals surface area contributed by atoms with E-state index in [1.807, 2.05) is 44.2 Å². The number of nitrogens with one attached hydrogen (secondary N) is 1. The van der Waals surface area contributed by atoms with E-state index in [1.54, 1.807) is 18.2 Å². The van der Waals surface area contributed by atoms with E-state index >= 15 is 0 Å². The third-order valence-electron chi connectivity index (χ3n) is 4.29. The monoisotopic (exact) mass is 429 g/mol. The summed E-state index contributed by atoms with van der Waals surface area (Å²) in [6, 6.07) is 14.7. The minimum absolute atomic E-state index is 0.172. The molecule has 0 aliphatic heterocycles. The molecule has 0 radical (unpaired) electrons. The Balaban J connectivity index is 1.87. The van der Waals surface area contributed by atoms with Crippen LogP contribution in [0.5, 0.6) is 5.75 Å². The van der Waals surface area contributed by atoms with Crippen molar-refractivity contribution < 1.29 is 19.1 Å². The summed E-state index contributed by atoms with van der Waals surface area (Å²) >= 11 is 7.42. The maximum absolute atomic E-state index is 12.5. The molecule has 2 aromatic carbocycles. The van der Waals surface area contributed by atoms with E-state index < -0.39 is 5.97 Å². The summed E-state index contributed by atoms with van der Waals surface area (Å²) < 4.78 is 10.6. The van der Waals surface area contributed by atoms with Crippen LogP contribution in [0.2, 0.25) is 5.02 Å². The van der Waals surface area contributed by atoms with Gasteiger partial charge in [0.25, 0.3) is 5.91 Å². The van der Waals surface area contributed by atoms with Crippen molar-refractivity contribution in [3.8, 4) is 16.9 Å². The number of ether oxygens (including phenoxy) is 2. The lowest BCUT2D eigenvalue weighted by atomic mass is 10.0. The highest BCUT2D eigenvalue weighted by Gasteiger charge is 2.25. The van der Waals surface area contributed by atoms with Crippen LogP contribution in [0, 0.1) is 13.8 Å². The normalized spacial score (nSPS) is 10.5. The van der Waals surface area contributed by atoms with Gasteiger partial charge in [-0.05, 0) is 43.2 Å². The molecule has 0 aliphatic carbocycles. The predicted octanol–water partition coefficient (Wildman–Crippen LogP) is 5.49. The molecule has 1 aromatic heterocycles. The lowest BCUT2D eigenvalue weighted by Gasteiger charge is -2.10. The van der Waals surface area contributed by atoms with Crippen LogP contribution in [0.4, 0.5) is 5.00 Å². The minimum Gasteiger partial charge on any atom is -0.483 e. The number of carbonyl (C=O) groups is 2. The fraction of sp³-hybridized carbons (Fsp3) is 0.182. The van der Waals surface area contributed by atoms with E-state index in [1.165, 1.54) is 18.4 Å². The zero-order valence-corrected chi connectivity index (χ0v) is 17.8. The molecule has 29 heavy (non-hydrogen) atoms. The Kier molecular flexibility index (Phi) is 6.56. The first kappa shape index (κ1) is 20.9. The topological polar surface area (TPSA) is 64.6 Å². The van der Waals surface area contributed by atoms with E-state index in [0.717, 1.165) is 16.0 Å². The smallest absolute Gasteiger partial charge is 0.341 e. The standard InChI is InChI=1S/C22H20ClNO4S/c1-13-7-4-5-10-17(13)28-12-18(25)24-21-20(22(26)27-3)19(14(2)29-21)15-8-6-9-16(23)11-15/h4-11H,12H2,1-3H3,(H,24,25). The Morgan fingerprint density at radius 3 is 2.55 bits per heavy atom. The zero-order valence-electron chi connectivity index (χ0n) is 16.2. The van der Waals surface area contributed by atoms with Crippen molar-refractivity contribution in [2.75, 3.05) is 19.0 Å².